The lowest BCUT2D eigenvalue weighted by molar-refractivity contribution is 0.565. The molecular formula is C13H11BN2O. The van der Waals surface area contributed by atoms with Gasteiger partial charge in [0.05, 0.1) is 5.71 Å². The molecule has 0 saturated carbocycles. The first kappa shape index (κ1) is 10.1. The van der Waals surface area contributed by atoms with Gasteiger partial charge in [-0.3, -0.25) is 0 Å². The molecule has 0 aromatic heterocycles. The zero-order chi connectivity index (χ0) is 11.7. The normalized spacial score (nSPS) is 13.7. The number of benzene rings is 2. The summed E-state index contributed by atoms with van der Waals surface area (Å²) in [5, 5.41) is 16.8. The van der Waals surface area contributed by atoms with Crippen LogP contribution in [0.3, 0.4) is 0 Å². The smallest absolute Gasteiger partial charge is 0.428 e. The van der Waals surface area contributed by atoms with E-state index in [4.69, 9.17) is 0 Å². The largest absolute Gasteiger partial charge is 0.464 e. The summed E-state index contributed by atoms with van der Waals surface area (Å²) in [5.41, 5.74) is 3.75. The molecule has 0 aliphatic carbocycles. The molecule has 1 aliphatic heterocycles. The number of nitrogens with one attached hydrogen (secondary N) is 1. The molecule has 1 heterocycles. The molecule has 0 unspecified atom stereocenters. The fourth-order valence-corrected chi connectivity index (χ4v) is 2.02. The standard InChI is InChI=1S/C13H11BN2O/c17-14-12-9-5-4-8-11(12)13(15-16-14)10-6-2-1-3-7-10/h1-9,16-17H. The molecule has 0 saturated heterocycles. The third-order valence-electron chi connectivity index (χ3n) is 2.86. The number of fused-ring (bicyclic) bond motifs is 1. The molecule has 4 heteroatoms. The lowest BCUT2D eigenvalue weighted by Crippen LogP contribution is -2.49. The van der Waals surface area contributed by atoms with E-state index in [0.717, 1.165) is 22.3 Å². The Morgan fingerprint density at radius 2 is 1.65 bits per heavy atom. The highest BCUT2D eigenvalue weighted by Gasteiger charge is 2.25. The summed E-state index contributed by atoms with van der Waals surface area (Å²) < 4.78 is 0. The Morgan fingerprint density at radius 1 is 0.941 bits per heavy atom. The monoisotopic (exact) mass is 222 g/mol. The van der Waals surface area contributed by atoms with Crippen LogP contribution in [-0.2, 0) is 0 Å². The topological polar surface area (TPSA) is 44.6 Å². The first-order chi connectivity index (χ1) is 8.36. The second-order valence-corrected chi connectivity index (χ2v) is 3.95. The van der Waals surface area contributed by atoms with E-state index < -0.39 is 7.05 Å². The van der Waals surface area contributed by atoms with Crippen LogP contribution in [0.1, 0.15) is 11.1 Å². The van der Waals surface area contributed by atoms with Crippen LogP contribution in [-0.4, -0.2) is 17.8 Å². The van der Waals surface area contributed by atoms with Crippen LogP contribution in [0.25, 0.3) is 0 Å². The van der Waals surface area contributed by atoms with Gasteiger partial charge in [-0.1, -0.05) is 54.6 Å². The zero-order valence-corrected chi connectivity index (χ0v) is 9.17. The molecule has 2 aromatic carbocycles. The molecule has 0 bridgehead atoms. The Morgan fingerprint density at radius 3 is 2.47 bits per heavy atom. The maximum Gasteiger partial charge on any atom is 0.464 e. The first-order valence-electron chi connectivity index (χ1n) is 5.52. The third-order valence-corrected chi connectivity index (χ3v) is 2.86. The van der Waals surface area contributed by atoms with Crippen LogP contribution >= 0.6 is 0 Å². The minimum absolute atomic E-state index is 0.723. The Hall–Kier alpha value is -2.07. The van der Waals surface area contributed by atoms with Gasteiger partial charge in [-0.2, -0.15) is 5.10 Å². The minimum atomic E-state index is -0.723. The summed E-state index contributed by atoms with van der Waals surface area (Å²) in [5.74, 6) is 0. The summed E-state index contributed by atoms with van der Waals surface area (Å²) in [6, 6.07) is 17.7. The van der Waals surface area contributed by atoms with Gasteiger partial charge in [0.15, 0.2) is 0 Å². The van der Waals surface area contributed by atoms with Crippen molar-refractivity contribution < 1.29 is 5.02 Å². The van der Waals surface area contributed by atoms with Gasteiger partial charge >= 0.3 is 7.05 Å². The van der Waals surface area contributed by atoms with E-state index >= 15 is 0 Å². The van der Waals surface area contributed by atoms with Gasteiger partial charge in [-0.25, -0.2) is 0 Å². The maximum absolute atomic E-state index is 9.81. The number of hydrogen-bond acceptors (Lipinski definition) is 3. The molecule has 0 spiro atoms. The quantitative estimate of drug-likeness (QED) is 0.698. The number of rotatable bonds is 1. The van der Waals surface area contributed by atoms with Crippen molar-refractivity contribution in [2.45, 2.75) is 0 Å². The van der Waals surface area contributed by atoms with Gasteiger partial charge in [0.1, 0.15) is 0 Å². The second-order valence-electron chi connectivity index (χ2n) is 3.95. The van der Waals surface area contributed by atoms with Crippen LogP contribution in [0.2, 0.25) is 0 Å². The summed E-state index contributed by atoms with van der Waals surface area (Å²) in [6.45, 7) is 0. The van der Waals surface area contributed by atoms with Crippen LogP contribution in [0.15, 0.2) is 59.7 Å². The predicted octanol–water partition coefficient (Wildman–Crippen LogP) is 0.730. The van der Waals surface area contributed by atoms with Crippen LogP contribution < -0.4 is 10.8 Å². The van der Waals surface area contributed by atoms with Crippen molar-refractivity contribution in [2.75, 3.05) is 0 Å². The van der Waals surface area contributed by atoms with Crippen molar-refractivity contribution in [3.05, 3.63) is 65.7 Å². The van der Waals surface area contributed by atoms with Crippen LogP contribution in [0.4, 0.5) is 0 Å². The number of nitrogens with zero attached hydrogens (tertiary/aromatic N) is 1. The van der Waals surface area contributed by atoms with Crippen molar-refractivity contribution in [2.24, 2.45) is 5.10 Å². The molecule has 1 aliphatic rings. The van der Waals surface area contributed by atoms with E-state index in [1.165, 1.54) is 0 Å². The molecule has 0 radical (unpaired) electrons. The van der Waals surface area contributed by atoms with Gasteiger partial charge in [0.25, 0.3) is 0 Å². The molecule has 0 fully saturated rings. The van der Waals surface area contributed by atoms with E-state index in [2.05, 4.69) is 10.4 Å². The van der Waals surface area contributed by atoms with Crippen molar-refractivity contribution in [1.82, 2.24) is 5.34 Å². The Labute approximate surface area is 99.9 Å². The molecule has 82 valence electrons. The van der Waals surface area contributed by atoms with Gasteiger partial charge < -0.3 is 10.4 Å². The van der Waals surface area contributed by atoms with Gasteiger partial charge in [-0.05, 0) is 5.46 Å². The zero-order valence-electron chi connectivity index (χ0n) is 9.17. The second kappa shape index (κ2) is 4.07. The fourth-order valence-electron chi connectivity index (χ4n) is 2.02. The van der Waals surface area contributed by atoms with Crippen LogP contribution in [0.5, 0.6) is 0 Å². The van der Waals surface area contributed by atoms with Crippen molar-refractivity contribution >= 4 is 18.2 Å². The fraction of sp³-hybridized carbons (Fsp3) is 0. The van der Waals surface area contributed by atoms with E-state index in [-0.39, 0.29) is 0 Å². The highest BCUT2D eigenvalue weighted by Crippen LogP contribution is 2.11. The first-order valence-corrected chi connectivity index (χ1v) is 5.52. The third kappa shape index (κ3) is 1.72. The van der Waals surface area contributed by atoms with Gasteiger partial charge in [0, 0.05) is 11.1 Å². The molecule has 2 aromatic rings. The van der Waals surface area contributed by atoms with Crippen molar-refractivity contribution in [3.63, 3.8) is 0 Å². The van der Waals surface area contributed by atoms with Gasteiger partial charge in [0.2, 0.25) is 0 Å². The Bertz CT molecular complexity index is 569. The Kier molecular flexibility index (Phi) is 2.42. The summed E-state index contributed by atoms with van der Waals surface area (Å²) >= 11 is 0. The van der Waals surface area contributed by atoms with Crippen molar-refractivity contribution in [1.29, 1.82) is 0 Å². The lowest BCUT2D eigenvalue weighted by atomic mass is 9.70. The lowest BCUT2D eigenvalue weighted by Gasteiger charge is -2.19. The Balaban J connectivity index is 2.14. The molecular weight excluding hydrogens is 211 g/mol. The van der Waals surface area contributed by atoms with Crippen molar-refractivity contribution in [3.8, 4) is 0 Å². The van der Waals surface area contributed by atoms with E-state index in [1.807, 2.05) is 54.6 Å². The molecule has 2 N–H and O–H groups in total. The highest BCUT2D eigenvalue weighted by molar-refractivity contribution is 6.66. The number of hydrogen-bond donors (Lipinski definition) is 2. The van der Waals surface area contributed by atoms with Crippen LogP contribution in [0, 0.1) is 0 Å². The molecule has 17 heavy (non-hydrogen) atoms. The maximum atomic E-state index is 9.81. The SMILES string of the molecule is OB1NN=C(c2ccccc2)c2ccccc21. The minimum Gasteiger partial charge on any atom is -0.428 e. The van der Waals surface area contributed by atoms with E-state index in [0.29, 0.717) is 0 Å². The molecule has 3 rings (SSSR count). The molecule has 3 nitrogen and oxygen atoms in total. The summed E-state index contributed by atoms with van der Waals surface area (Å²) in [6.07, 6.45) is 0. The molecule has 0 amide bonds. The van der Waals surface area contributed by atoms with Gasteiger partial charge in [-0.15, -0.1) is 0 Å². The van der Waals surface area contributed by atoms with E-state index in [1.54, 1.807) is 0 Å². The summed E-state index contributed by atoms with van der Waals surface area (Å²) in [7, 11) is -0.723. The highest BCUT2D eigenvalue weighted by atomic mass is 16.2. The van der Waals surface area contributed by atoms with E-state index in [9.17, 15) is 5.02 Å². The average Bonchev–Trinajstić information content (AvgIpc) is 2.41. The predicted molar refractivity (Wildman–Crippen MR) is 69.3 cm³/mol. The average molecular weight is 222 g/mol. The number of hydrazone groups is 1. The summed E-state index contributed by atoms with van der Waals surface area (Å²) in [4.78, 5) is 0. The molecule has 0 atom stereocenters.